The molecule has 0 N–H and O–H groups in total. The highest BCUT2D eigenvalue weighted by Crippen LogP contribution is 2.12. The number of hydrogen-bond acceptors (Lipinski definition) is 3. The van der Waals surface area contributed by atoms with Crippen LogP contribution in [0.25, 0.3) is 0 Å². The number of benzene rings is 1. The topological polar surface area (TPSA) is 61.2 Å². The van der Waals surface area contributed by atoms with Gasteiger partial charge in [-0.3, -0.25) is 0 Å². The Hall–Kier alpha value is -1.09. The fourth-order valence-electron chi connectivity index (χ4n) is 1.57. The van der Waals surface area contributed by atoms with Gasteiger partial charge in [-0.15, -0.1) is 11.6 Å². The molecule has 0 heterocycles. The van der Waals surface area contributed by atoms with Crippen LogP contribution in [0.5, 0.6) is 0 Å². The first-order valence-corrected chi connectivity index (χ1v) is 8.02. The number of halogens is 1. The summed E-state index contributed by atoms with van der Waals surface area (Å²) in [4.78, 5) is 0. The Morgan fingerprint density at radius 1 is 1.37 bits per heavy atom. The molecule has 1 aromatic rings. The van der Waals surface area contributed by atoms with E-state index in [0.717, 1.165) is 5.56 Å². The zero-order valence-electron chi connectivity index (χ0n) is 11.0. The second-order valence-electron chi connectivity index (χ2n) is 4.60. The minimum atomic E-state index is -3.30. The lowest BCUT2D eigenvalue weighted by molar-refractivity contribution is 0.460. The van der Waals surface area contributed by atoms with Crippen molar-refractivity contribution in [1.29, 1.82) is 5.26 Å². The average Bonchev–Trinajstić information content (AvgIpc) is 2.39. The molecular formula is C13H17ClN2O2S. The standard InChI is InChI=1S/C13H17ClN2O2S/c1-11(7-14)10-19(17,18)16(2)9-13-5-3-12(8-15)4-6-13/h3-6,11H,7,9-10H2,1-2H3. The summed E-state index contributed by atoms with van der Waals surface area (Å²) in [6, 6.07) is 8.90. The van der Waals surface area contributed by atoms with Crippen LogP contribution in [0.1, 0.15) is 18.1 Å². The van der Waals surface area contributed by atoms with Gasteiger partial charge in [-0.05, 0) is 23.6 Å². The Kier molecular flexibility index (Phi) is 5.80. The molecule has 0 saturated carbocycles. The van der Waals surface area contributed by atoms with Crippen molar-refractivity contribution in [3.63, 3.8) is 0 Å². The monoisotopic (exact) mass is 300 g/mol. The van der Waals surface area contributed by atoms with Crippen molar-refractivity contribution >= 4 is 21.6 Å². The maximum absolute atomic E-state index is 12.0. The normalized spacial score (nSPS) is 13.2. The molecular weight excluding hydrogens is 284 g/mol. The highest BCUT2D eigenvalue weighted by atomic mass is 35.5. The van der Waals surface area contributed by atoms with E-state index in [0.29, 0.717) is 18.0 Å². The van der Waals surface area contributed by atoms with Gasteiger partial charge in [0.05, 0.1) is 17.4 Å². The summed E-state index contributed by atoms with van der Waals surface area (Å²) in [5.41, 5.74) is 1.41. The lowest BCUT2D eigenvalue weighted by Gasteiger charge is -2.19. The van der Waals surface area contributed by atoms with Gasteiger partial charge in [-0.2, -0.15) is 5.26 Å². The molecule has 0 fully saturated rings. The molecule has 0 aromatic heterocycles. The number of rotatable bonds is 6. The number of sulfonamides is 1. The van der Waals surface area contributed by atoms with Crippen LogP contribution in [0.15, 0.2) is 24.3 Å². The van der Waals surface area contributed by atoms with Gasteiger partial charge in [0.2, 0.25) is 10.0 Å². The molecule has 0 aliphatic heterocycles. The first kappa shape index (κ1) is 16.0. The predicted molar refractivity (Wildman–Crippen MR) is 76.3 cm³/mol. The van der Waals surface area contributed by atoms with E-state index in [2.05, 4.69) is 0 Å². The van der Waals surface area contributed by atoms with Gasteiger partial charge < -0.3 is 0 Å². The quantitative estimate of drug-likeness (QED) is 0.757. The Bertz CT molecular complexity index is 549. The van der Waals surface area contributed by atoms with E-state index in [4.69, 9.17) is 16.9 Å². The van der Waals surface area contributed by atoms with Crippen molar-refractivity contribution in [1.82, 2.24) is 4.31 Å². The van der Waals surface area contributed by atoms with Gasteiger partial charge in [-0.1, -0.05) is 19.1 Å². The average molecular weight is 301 g/mol. The summed E-state index contributed by atoms with van der Waals surface area (Å²) in [5.74, 6) is 0.294. The summed E-state index contributed by atoms with van der Waals surface area (Å²) >= 11 is 5.64. The molecule has 104 valence electrons. The number of alkyl halides is 1. The van der Waals surface area contributed by atoms with Crippen LogP contribution in [-0.2, 0) is 16.6 Å². The van der Waals surface area contributed by atoms with Gasteiger partial charge in [0, 0.05) is 19.5 Å². The fraction of sp³-hybridized carbons (Fsp3) is 0.462. The van der Waals surface area contributed by atoms with E-state index in [1.165, 1.54) is 4.31 Å². The third-order valence-corrected chi connectivity index (χ3v) is 5.32. The highest BCUT2D eigenvalue weighted by Gasteiger charge is 2.20. The van der Waals surface area contributed by atoms with E-state index < -0.39 is 10.0 Å². The summed E-state index contributed by atoms with van der Waals surface area (Å²) in [6.07, 6.45) is 0. The molecule has 0 aliphatic carbocycles. The molecule has 1 atom stereocenters. The predicted octanol–water partition coefficient (Wildman–Crippen LogP) is 2.19. The molecule has 0 bridgehead atoms. The largest absolute Gasteiger partial charge is 0.214 e. The Labute approximate surface area is 119 Å². The van der Waals surface area contributed by atoms with Crippen LogP contribution in [0.2, 0.25) is 0 Å². The Morgan fingerprint density at radius 2 is 1.95 bits per heavy atom. The van der Waals surface area contributed by atoms with Crippen LogP contribution in [0.4, 0.5) is 0 Å². The molecule has 1 unspecified atom stereocenters. The molecule has 1 rings (SSSR count). The lowest BCUT2D eigenvalue weighted by atomic mass is 10.1. The van der Waals surface area contributed by atoms with E-state index in [-0.39, 0.29) is 11.7 Å². The summed E-state index contributed by atoms with van der Waals surface area (Å²) in [6.45, 7) is 2.10. The van der Waals surface area contributed by atoms with Gasteiger partial charge >= 0.3 is 0 Å². The molecule has 0 spiro atoms. The van der Waals surface area contributed by atoms with Crippen LogP contribution < -0.4 is 0 Å². The van der Waals surface area contributed by atoms with E-state index in [9.17, 15) is 8.42 Å². The number of nitrogens with zero attached hydrogens (tertiary/aromatic N) is 2. The molecule has 0 radical (unpaired) electrons. The maximum Gasteiger partial charge on any atom is 0.214 e. The van der Waals surface area contributed by atoms with Crippen LogP contribution in [0.3, 0.4) is 0 Å². The highest BCUT2D eigenvalue weighted by molar-refractivity contribution is 7.89. The second kappa shape index (κ2) is 6.90. The fourth-order valence-corrected chi connectivity index (χ4v) is 3.25. The third-order valence-electron chi connectivity index (χ3n) is 2.72. The Morgan fingerprint density at radius 3 is 2.42 bits per heavy atom. The van der Waals surface area contributed by atoms with Crippen molar-refractivity contribution in [2.45, 2.75) is 13.5 Å². The summed E-state index contributed by atoms with van der Waals surface area (Å²) in [7, 11) is -1.75. The smallest absolute Gasteiger partial charge is 0.212 e. The SMILES string of the molecule is CC(CCl)CS(=O)(=O)N(C)Cc1ccc(C#N)cc1. The van der Waals surface area contributed by atoms with Crippen LogP contribution in [-0.4, -0.2) is 31.4 Å². The van der Waals surface area contributed by atoms with Crippen molar-refractivity contribution in [3.8, 4) is 6.07 Å². The van der Waals surface area contributed by atoms with Crippen molar-refractivity contribution < 1.29 is 8.42 Å². The third kappa shape index (κ3) is 4.83. The Balaban J connectivity index is 2.73. The van der Waals surface area contributed by atoms with Crippen LogP contribution in [0, 0.1) is 17.2 Å². The molecule has 6 heteroatoms. The molecule has 1 aromatic carbocycles. The van der Waals surface area contributed by atoms with Crippen LogP contribution >= 0.6 is 11.6 Å². The van der Waals surface area contributed by atoms with E-state index >= 15 is 0 Å². The molecule has 19 heavy (non-hydrogen) atoms. The van der Waals surface area contributed by atoms with E-state index in [1.54, 1.807) is 38.2 Å². The number of hydrogen-bond donors (Lipinski definition) is 0. The minimum absolute atomic E-state index is 0.0449. The molecule has 4 nitrogen and oxygen atoms in total. The first-order valence-electron chi connectivity index (χ1n) is 5.88. The second-order valence-corrected chi connectivity index (χ2v) is 7.03. The minimum Gasteiger partial charge on any atom is -0.212 e. The lowest BCUT2D eigenvalue weighted by Crippen LogP contribution is -2.31. The summed E-state index contributed by atoms with van der Waals surface area (Å²) in [5, 5.41) is 8.70. The van der Waals surface area contributed by atoms with Gasteiger partial charge in [0.1, 0.15) is 0 Å². The zero-order valence-corrected chi connectivity index (χ0v) is 12.6. The summed E-state index contributed by atoms with van der Waals surface area (Å²) < 4.78 is 25.4. The van der Waals surface area contributed by atoms with Gasteiger partial charge in [0.15, 0.2) is 0 Å². The number of nitriles is 1. The molecule has 0 amide bonds. The van der Waals surface area contributed by atoms with Crippen molar-refractivity contribution in [2.24, 2.45) is 5.92 Å². The van der Waals surface area contributed by atoms with Gasteiger partial charge in [-0.25, -0.2) is 12.7 Å². The van der Waals surface area contributed by atoms with Gasteiger partial charge in [0.25, 0.3) is 0 Å². The van der Waals surface area contributed by atoms with Crippen molar-refractivity contribution in [2.75, 3.05) is 18.7 Å². The molecule has 0 aliphatic rings. The van der Waals surface area contributed by atoms with Crippen molar-refractivity contribution in [3.05, 3.63) is 35.4 Å². The maximum atomic E-state index is 12.0. The first-order chi connectivity index (χ1) is 8.89. The molecule has 0 saturated heterocycles. The zero-order chi connectivity index (χ0) is 14.5. The van der Waals surface area contributed by atoms with E-state index in [1.807, 2.05) is 6.07 Å².